The van der Waals surface area contributed by atoms with Gasteiger partial charge in [0.15, 0.2) is 0 Å². The summed E-state index contributed by atoms with van der Waals surface area (Å²) in [5.41, 5.74) is 3.75. The van der Waals surface area contributed by atoms with Gasteiger partial charge in [0.25, 0.3) is 0 Å². The Morgan fingerprint density at radius 1 is 0.964 bits per heavy atom. The quantitative estimate of drug-likeness (QED) is 0.605. The first-order valence-electron chi connectivity index (χ1n) is 9.47. The van der Waals surface area contributed by atoms with Crippen LogP contribution in [0.4, 0.5) is 11.4 Å². The molecule has 0 fully saturated rings. The van der Waals surface area contributed by atoms with E-state index in [9.17, 15) is 9.59 Å². The number of thioether (sulfide) groups is 1. The van der Waals surface area contributed by atoms with Crippen LogP contribution in [0.5, 0.6) is 0 Å². The monoisotopic (exact) mass is 398 g/mol. The minimum absolute atomic E-state index is 0.00439. The van der Waals surface area contributed by atoms with Gasteiger partial charge in [-0.2, -0.15) is 0 Å². The summed E-state index contributed by atoms with van der Waals surface area (Å²) >= 11 is 1.47. The van der Waals surface area contributed by atoms with Crippen molar-refractivity contribution in [1.82, 2.24) is 0 Å². The lowest BCUT2D eigenvalue weighted by Gasteiger charge is -2.17. The molecule has 0 bridgehead atoms. The van der Waals surface area contributed by atoms with Crippen molar-refractivity contribution in [2.75, 3.05) is 10.6 Å². The number of aryl methyl sites for hydroxylation is 2. The van der Waals surface area contributed by atoms with E-state index < -0.39 is 0 Å². The molecule has 2 N–H and O–H groups in total. The molecule has 0 aliphatic carbocycles. The summed E-state index contributed by atoms with van der Waals surface area (Å²) in [5.74, 6) is -0.0487. The highest BCUT2D eigenvalue weighted by Crippen LogP contribution is 2.27. The number of anilines is 2. The number of hydrogen-bond acceptors (Lipinski definition) is 3. The van der Waals surface area contributed by atoms with E-state index in [2.05, 4.69) is 16.7 Å². The molecule has 0 saturated heterocycles. The molecule has 0 aliphatic rings. The van der Waals surface area contributed by atoms with Crippen LogP contribution in [0.1, 0.15) is 45.2 Å². The fourth-order valence-corrected chi connectivity index (χ4v) is 3.81. The van der Waals surface area contributed by atoms with Gasteiger partial charge in [0.05, 0.1) is 5.25 Å². The average Bonchev–Trinajstić information content (AvgIpc) is 2.52. The molecule has 2 amide bonds. The van der Waals surface area contributed by atoms with Gasteiger partial charge < -0.3 is 10.6 Å². The van der Waals surface area contributed by atoms with Crippen molar-refractivity contribution in [3.63, 3.8) is 0 Å². The van der Waals surface area contributed by atoms with Crippen LogP contribution in [0.25, 0.3) is 0 Å². The van der Waals surface area contributed by atoms with Crippen LogP contribution >= 0.6 is 11.8 Å². The van der Waals surface area contributed by atoms with E-state index in [4.69, 9.17) is 0 Å². The zero-order valence-electron chi connectivity index (χ0n) is 17.6. The lowest BCUT2D eigenvalue weighted by Crippen LogP contribution is -2.22. The number of benzene rings is 2. The van der Waals surface area contributed by atoms with Gasteiger partial charge in [-0.3, -0.25) is 9.59 Å². The van der Waals surface area contributed by atoms with E-state index in [-0.39, 0.29) is 22.5 Å². The van der Waals surface area contributed by atoms with Crippen molar-refractivity contribution >= 4 is 35.0 Å². The molecule has 0 aliphatic heterocycles. The Balaban J connectivity index is 1.98. The summed E-state index contributed by atoms with van der Waals surface area (Å²) in [4.78, 5) is 25.6. The molecule has 0 radical (unpaired) electrons. The highest BCUT2D eigenvalue weighted by atomic mass is 32.2. The molecule has 150 valence electrons. The summed E-state index contributed by atoms with van der Waals surface area (Å²) in [6, 6.07) is 13.6. The van der Waals surface area contributed by atoms with Crippen molar-refractivity contribution in [3.8, 4) is 0 Å². The molecule has 0 saturated carbocycles. The van der Waals surface area contributed by atoms with E-state index in [1.54, 1.807) is 0 Å². The molecule has 5 heteroatoms. The third-order valence-corrected chi connectivity index (χ3v) is 5.07. The molecule has 1 unspecified atom stereocenters. The smallest absolute Gasteiger partial charge is 0.237 e. The van der Waals surface area contributed by atoms with Crippen molar-refractivity contribution in [2.45, 2.75) is 58.1 Å². The fraction of sp³-hybridized carbons (Fsp3) is 0.391. The van der Waals surface area contributed by atoms with Gasteiger partial charge in [-0.05, 0) is 67.6 Å². The second-order valence-corrected chi connectivity index (χ2v) is 9.85. The van der Waals surface area contributed by atoms with Crippen molar-refractivity contribution in [3.05, 3.63) is 53.6 Å². The van der Waals surface area contributed by atoms with Crippen LogP contribution in [0.3, 0.4) is 0 Å². The minimum atomic E-state index is -0.263. The SMILES string of the molecule is Cc1cc(C)cc(NC(=O)C(C)Sc2cccc(NC(=O)CC(C)(C)C)c2)c1. The molecular weight excluding hydrogens is 368 g/mol. The maximum Gasteiger partial charge on any atom is 0.237 e. The summed E-state index contributed by atoms with van der Waals surface area (Å²) in [5, 5.41) is 5.66. The lowest BCUT2D eigenvalue weighted by molar-refractivity contribution is -0.118. The molecule has 0 heterocycles. The van der Waals surface area contributed by atoms with Gasteiger partial charge in [0.1, 0.15) is 0 Å². The first-order valence-corrected chi connectivity index (χ1v) is 10.4. The molecule has 2 rings (SSSR count). The van der Waals surface area contributed by atoms with E-state index >= 15 is 0 Å². The maximum absolute atomic E-state index is 12.6. The summed E-state index contributed by atoms with van der Waals surface area (Å²) < 4.78 is 0. The van der Waals surface area contributed by atoms with Gasteiger partial charge in [0, 0.05) is 22.7 Å². The topological polar surface area (TPSA) is 58.2 Å². The third-order valence-electron chi connectivity index (χ3n) is 3.98. The molecule has 4 nitrogen and oxygen atoms in total. The second kappa shape index (κ2) is 9.28. The molecular formula is C23H30N2O2S. The Kier molecular flexibility index (Phi) is 7.30. The standard InChI is InChI=1S/C23H30N2O2S/c1-15-10-16(2)12-19(11-15)25-22(27)17(3)28-20-9-7-8-18(13-20)24-21(26)14-23(4,5)6/h7-13,17H,14H2,1-6H3,(H,24,26)(H,25,27). The second-order valence-electron chi connectivity index (χ2n) is 8.44. The lowest BCUT2D eigenvalue weighted by atomic mass is 9.92. The number of amides is 2. The summed E-state index contributed by atoms with van der Waals surface area (Å²) in [7, 11) is 0. The Morgan fingerprint density at radius 3 is 2.21 bits per heavy atom. The Hall–Kier alpha value is -2.27. The number of rotatable bonds is 6. The summed E-state index contributed by atoms with van der Waals surface area (Å²) in [6.45, 7) is 12.0. The van der Waals surface area contributed by atoms with Crippen molar-refractivity contribution in [1.29, 1.82) is 0 Å². The highest BCUT2D eigenvalue weighted by Gasteiger charge is 2.17. The molecule has 0 aromatic heterocycles. The predicted molar refractivity (Wildman–Crippen MR) is 119 cm³/mol. The zero-order chi connectivity index (χ0) is 20.9. The average molecular weight is 399 g/mol. The van der Waals surface area contributed by atoms with Crippen LogP contribution in [-0.4, -0.2) is 17.1 Å². The van der Waals surface area contributed by atoms with Gasteiger partial charge >= 0.3 is 0 Å². The zero-order valence-corrected chi connectivity index (χ0v) is 18.4. The van der Waals surface area contributed by atoms with Gasteiger partial charge in [0.2, 0.25) is 11.8 Å². The Morgan fingerprint density at radius 2 is 1.61 bits per heavy atom. The van der Waals surface area contributed by atoms with Gasteiger partial charge in [-0.25, -0.2) is 0 Å². The largest absolute Gasteiger partial charge is 0.326 e. The number of hydrogen-bond donors (Lipinski definition) is 2. The molecule has 1 atom stereocenters. The molecule has 2 aromatic carbocycles. The number of carbonyl (C=O) groups is 2. The van der Waals surface area contributed by atoms with Crippen LogP contribution in [0.2, 0.25) is 0 Å². The van der Waals surface area contributed by atoms with Gasteiger partial charge in [-0.1, -0.05) is 32.9 Å². The van der Waals surface area contributed by atoms with Crippen LogP contribution in [0, 0.1) is 19.3 Å². The van der Waals surface area contributed by atoms with Crippen molar-refractivity contribution < 1.29 is 9.59 Å². The predicted octanol–water partition coefficient (Wildman–Crippen LogP) is 5.80. The molecule has 2 aromatic rings. The van der Waals surface area contributed by atoms with E-state index in [0.29, 0.717) is 6.42 Å². The fourth-order valence-electron chi connectivity index (χ4n) is 2.88. The maximum atomic E-state index is 12.6. The van der Waals surface area contributed by atoms with Crippen molar-refractivity contribution in [2.24, 2.45) is 5.41 Å². The van der Waals surface area contributed by atoms with Crippen LogP contribution in [0.15, 0.2) is 47.4 Å². The van der Waals surface area contributed by atoms with Crippen LogP contribution in [-0.2, 0) is 9.59 Å². The first kappa shape index (κ1) is 22.0. The Bertz CT molecular complexity index is 836. The van der Waals surface area contributed by atoms with E-state index in [1.807, 2.05) is 77.9 Å². The Labute approximate surface area is 172 Å². The molecule has 28 heavy (non-hydrogen) atoms. The van der Waals surface area contributed by atoms with Gasteiger partial charge in [-0.15, -0.1) is 11.8 Å². The van der Waals surface area contributed by atoms with Crippen LogP contribution < -0.4 is 10.6 Å². The normalized spacial score (nSPS) is 12.4. The first-order chi connectivity index (χ1) is 13.0. The summed E-state index contributed by atoms with van der Waals surface area (Å²) in [6.07, 6.45) is 0.457. The number of carbonyl (C=O) groups excluding carboxylic acids is 2. The van der Waals surface area contributed by atoms with E-state index in [0.717, 1.165) is 27.4 Å². The third kappa shape index (κ3) is 7.39. The minimum Gasteiger partial charge on any atom is -0.326 e. The number of nitrogens with one attached hydrogen (secondary N) is 2. The van der Waals surface area contributed by atoms with E-state index in [1.165, 1.54) is 11.8 Å². The highest BCUT2D eigenvalue weighted by molar-refractivity contribution is 8.00. The molecule has 0 spiro atoms.